The van der Waals surface area contributed by atoms with Gasteiger partial charge < -0.3 is 19.9 Å². The summed E-state index contributed by atoms with van der Waals surface area (Å²) in [6.45, 7) is 7.23. The highest BCUT2D eigenvalue weighted by Gasteiger charge is 2.10. The second-order valence-corrected chi connectivity index (χ2v) is 6.56. The van der Waals surface area contributed by atoms with Crippen LogP contribution in [0.1, 0.15) is 36.5 Å². The lowest BCUT2D eigenvalue weighted by Gasteiger charge is -2.16. The van der Waals surface area contributed by atoms with Gasteiger partial charge in [-0.1, -0.05) is 38.2 Å². The molecule has 4 nitrogen and oxygen atoms in total. The Kier molecular flexibility index (Phi) is 6.65. The van der Waals surface area contributed by atoms with E-state index in [0.29, 0.717) is 35.6 Å². The molecule has 0 aliphatic heterocycles. The number of benzene rings is 2. The maximum Gasteiger partial charge on any atom is 0.161 e. The minimum atomic E-state index is 0.328. The number of thiocarbonyl (C=S) groups is 1. The van der Waals surface area contributed by atoms with E-state index in [1.54, 1.807) is 19.2 Å². The Morgan fingerprint density at radius 1 is 1.00 bits per heavy atom. The molecule has 2 rings (SSSR count). The zero-order valence-electron chi connectivity index (χ0n) is 15.2. The van der Waals surface area contributed by atoms with Crippen LogP contribution in [-0.2, 0) is 0 Å². The molecule has 5 heteroatoms. The number of rotatable bonds is 8. The fourth-order valence-corrected chi connectivity index (χ4v) is 2.61. The molecule has 0 aliphatic carbocycles. The van der Waals surface area contributed by atoms with Crippen molar-refractivity contribution in [2.24, 2.45) is 5.73 Å². The van der Waals surface area contributed by atoms with Gasteiger partial charge in [-0.3, -0.25) is 0 Å². The van der Waals surface area contributed by atoms with Gasteiger partial charge in [-0.25, -0.2) is 0 Å². The van der Waals surface area contributed by atoms with Crippen LogP contribution >= 0.6 is 12.2 Å². The summed E-state index contributed by atoms with van der Waals surface area (Å²) in [4.78, 5) is 0.328. The van der Waals surface area contributed by atoms with Gasteiger partial charge in [0.2, 0.25) is 0 Å². The van der Waals surface area contributed by atoms with E-state index in [2.05, 4.69) is 39.0 Å². The second-order valence-electron chi connectivity index (χ2n) is 6.12. The molecule has 0 atom stereocenters. The highest BCUT2D eigenvalue weighted by Crippen LogP contribution is 2.29. The molecule has 134 valence electrons. The van der Waals surface area contributed by atoms with Gasteiger partial charge in [0.25, 0.3) is 0 Å². The Morgan fingerprint density at radius 3 is 2.28 bits per heavy atom. The highest BCUT2D eigenvalue weighted by molar-refractivity contribution is 7.80. The van der Waals surface area contributed by atoms with E-state index in [1.807, 2.05) is 6.07 Å². The standard InChI is InChI=1S/C20H25NO3S/c1-13(2)16-7-5-14(3)11-18(16)24-10-9-23-17-8-6-15(20(21)25)12-19(17)22-4/h5-8,11-13H,9-10H2,1-4H3,(H2,21,25). The Morgan fingerprint density at radius 2 is 1.68 bits per heavy atom. The molecule has 0 amide bonds. The molecule has 0 aromatic heterocycles. The average molecular weight is 359 g/mol. The number of aryl methyl sites for hydroxylation is 1. The average Bonchev–Trinajstić information content (AvgIpc) is 2.58. The maximum atomic E-state index is 5.93. The van der Waals surface area contributed by atoms with E-state index < -0.39 is 0 Å². The van der Waals surface area contributed by atoms with E-state index in [0.717, 1.165) is 11.3 Å². The van der Waals surface area contributed by atoms with Crippen molar-refractivity contribution < 1.29 is 14.2 Å². The first-order valence-corrected chi connectivity index (χ1v) is 8.67. The number of methoxy groups -OCH3 is 1. The third-order valence-electron chi connectivity index (χ3n) is 3.84. The zero-order valence-corrected chi connectivity index (χ0v) is 16.0. The molecule has 0 saturated heterocycles. The molecule has 0 radical (unpaired) electrons. The SMILES string of the molecule is COc1cc(C(N)=S)ccc1OCCOc1cc(C)ccc1C(C)C. The minimum Gasteiger partial charge on any atom is -0.493 e. The van der Waals surface area contributed by atoms with Gasteiger partial charge in [-0.05, 0) is 48.2 Å². The largest absolute Gasteiger partial charge is 0.493 e. The molecule has 0 aliphatic rings. The summed E-state index contributed by atoms with van der Waals surface area (Å²) in [7, 11) is 1.59. The van der Waals surface area contributed by atoms with Crippen molar-refractivity contribution in [2.75, 3.05) is 20.3 Å². The van der Waals surface area contributed by atoms with Gasteiger partial charge in [0.15, 0.2) is 11.5 Å². The molecule has 0 saturated carbocycles. The molecule has 25 heavy (non-hydrogen) atoms. The Hall–Kier alpha value is -2.27. The smallest absolute Gasteiger partial charge is 0.161 e. The first-order valence-electron chi connectivity index (χ1n) is 8.26. The number of hydrogen-bond acceptors (Lipinski definition) is 4. The maximum absolute atomic E-state index is 5.93. The van der Waals surface area contributed by atoms with Crippen molar-refractivity contribution in [1.29, 1.82) is 0 Å². The summed E-state index contributed by atoms with van der Waals surface area (Å²) in [6.07, 6.45) is 0. The van der Waals surface area contributed by atoms with Crippen LogP contribution in [0.5, 0.6) is 17.2 Å². The summed E-state index contributed by atoms with van der Waals surface area (Å²) >= 11 is 4.98. The van der Waals surface area contributed by atoms with Crippen LogP contribution in [0.25, 0.3) is 0 Å². The van der Waals surface area contributed by atoms with Gasteiger partial charge in [0.1, 0.15) is 24.0 Å². The topological polar surface area (TPSA) is 53.7 Å². The van der Waals surface area contributed by atoms with Gasteiger partial charge in [0, 0.05) is 5.56 Å². The van der Waals surface area contributed by atoms with Crippen LogP contribution in [0.3, 0.4) is 0 Å². The van der Waals surface area contributed by atoms with Crippen LogP contribution in [0, 0.1) is 6.92 Å². The minimum absolute atomic E-state index is 0.328. The monoisotopic (exact) mass is 359 g/mol. The highest BCUT2D eigenvalue weighted by atomic mass is 32.1. The first kappa shape index (κ1) is 19.1. The van der Waals surface area contributed by atoms with Gasteiger partial charge in [-0.15, -0.1) is 0 Å². The Balaban J connectivity index is 1.98. The van der Waals surface area contributed by atoms with Crippen LogP contribution in [0.4, 0.5) is 0 Å². The van der Waals surface area contributed by atoms with Crippen molar-refractivity contribution in [2.45, 2.75) is 26.7 Å². The normalized spacial score (nSPS) is 10.6. The summed E-state index contributed by atoms with van der Waals surface area (Å²) in [5.41, 5.74) is 8.76. The molecule has 2 aromatic rings. The molecule has 2 N–H and O–H groups in total. The molecule has 0 unspecified atom stereocenters. The molecule has 0 fully saturated rings. The second kappa shape index (κ2) is 8.72. The molecule has 2 aromatic carbocycles. The lowest BCUT2D eigenvalue weighted by Crippen LogP contribution is -2.12. The van der Waals surface area contributed by atoms with Crippen molar-refractivity contribution in [3.8, 4) is 17.2 Å². The van der Waals surface area contributed by atoms with E-state index in [4.69, 9.17) is 32.2 Å². The summed E-state index contributed by atoms with van der Waals surface area (Å²) < 4.78 is 17.0. The van der Waals surface area contributed by atoms with E-state index in [1.165, 1.54) is 11.1 Å². The first-order chi connectivity index (χ1) is 11.9. The quantitative estimate of drug-likeness (QED) is 0.565. The van der Waals surface area contributed by atoms with Crippen molar-refractivity contribution >= 4 is 17.2 Å². The zero-order chi connectivity index (χ0) is 18.4. The van der Waals surface area contributed by atoms with Gasteiger partial charge in [0.05, 0.1) is 7.11 Å². The third kappa shape index (κ3) is 5.10. The number of ether oxygens (including phenoxy) is 3. The van der Waals surface area contributed by atoms with Crippen molar-refractivity contribution in [3.05, 3.63) is 53.1 Å². The predicted octanol–water partition coefficient (Wildman–Crippen LogP) is 4.22. The fraction of sp³-hybridized carbons (Fsp3) is 0.350. The van der Waals surface area contributed by atoms with Crippen molar-refractivity contribution in [1.82, 2.24) is 0 Å². The van der Waals surface area contributed by atoms with Gasteiger partial charge >= 0.3 is 0 Å². The predicted molar refractivity (Wildman–Crippen MR) is 105 cm³/mol. The van der Waals surface area contributed by atoms with Crippen molar-refractivity contribution in [3.63, 3.8) is 0 Å². The van der Waals surface area contributed by atoms with Crippen LogP contribution < -0.4 is 19.9 Å². The van der Waals surface area contributed by atoms with E-state index in [9.17, 15) is 0 Å². The Labute approximate surface area is 154 Å². The summed E-state index contributed by atoms with van der Waals surface area (Å²) in [5, 5.41) is 0. The number of nitrogens with two attached hydrogens (primary N) is 1. The summed E-state index contributed by atoms with van der Waals surface area (Å²) in [6, 6.07) is 11.7. The molecule has 0 bridgehead atoms. The van der Waals surface area contributed by atoms with E-state index >= 15 is 0 Å². The molecular formula is C20H25NO3S. The molecule has 0 heterocycles. The van der Waals surface area contributed by atoms with Crippen LogP contribution in [0.2, 0.25) is 0 Å². The van der Waals surface area contributed by atoms with Gasteiger partial charge in [-0.2, -0.15) is 0 Å². The summed E-state index contributed by atoms with van der Waals surface area (Å²) in [5.74, 6) is 2.56. The fourth-order valence-electron chi connectivity index (χ4n) is 2.49. The van der Waals surface area contributed by atoms with Crippen LogP contribution in [0.15, 0.2) is 36.4 Å². The lowest BCUT2D eigenvalue weighted by molar-refractivity contribution is 0.210. The molecular weight excluding hydrogens is 334 g/mol. The molecule has 0 spiro atoms. The van der Waals surface area contributed by atoms with Crippen LogP contribution in [-0.4, -0.2) is 25.3 Å². The lowest BCUT2D eigenvalue weighted by atomic mass is 10.0. The van der Waals surface area contributed by atoms with E-state index in [-0.39, 0.29) is 0 Å². The third-order valence-corrected chi connectivity index (χ3v) is 4.07. The number of hydrogen-bond donors (Lipinski definition) is 1. The Bertz CT molecular complexity index is 744.